The average Bonchev–Trinajstić information content (AvgIpc) is 3.31. The second-order valence-corrected chi connectivity index (χ2v) is 10.0. The number of hydrogen-bond donors (Lipinski definition) is 1. The van der Waals surface area contributed by atoms with Gasteiger partial charge in [0.1, 0.15) is 5.75 Å². The summed E-state index contributed by atoms with van der Waals surface area (Å²) in [5.41, 5.74) is 2.99. The molecule has 0 radical (unpaired) electrons. The molecule has 1 aliphatic rings. The van der Waals surface area contributed by atoms with Crippen LogP contribution in [0.15, 0.2) is 77.7 Å². The molecule has 178 valence electrons. The highest BCUT2D eigenvalue weighted by atomic mass is 32.2. The van der Waals surface area contributed by atoms with Crippen LogP contribution in [0.1, 0.15) is 22.3 Å². The van der Waals surface area contributed by atoms with E-state index in [1.165, 1.54) is 29.6 Å². The number of rotatable bonds is 9. The highest BCUT2D eigenvalue weighted by Crippen LogP contribution is 2.33. The number of amides is 1. The van der Waals surface area contributed by atoms with Gasteiger partial charge in [-0.15, -0.1) is 0 Å². The number of benzene rings is 3. The van der Waals surface area contributed by atoms with Crippen molar-refractivity contribution in [1.82, 2.24) is 5.32 Å². The highest BCUT2D eigenvalue weighted by Gasteiger charge is 2.31. The first-order valence-corrected chi connectivity index (χ1v) is 12.7. The van der Waals surface area contributed by atoms with Crippen LogP contribution in [-0.4, -0.2) is 48.1 Å². The predicted molar refractivity (Wildman–Crippen MR) is 134 cm³/mol. The van der Waals surface area contributed by atoms with Gasteiger partial charge in [-0.2, -0.15) is 0 Å². The summed E-state index contributed by atoms with van der Waals surface area (Å²) in [4.78, 5) is 15.1. The lowest BCUT2D eigenvalue weighted by atomic mass is 10.2. The fraction of sp³-hybridized carbons (Fsp3) is 0.269. The average molecular weight is 480 g/mol. The number of methoxy groups -OCH3 is 1. The highest BCUT2D eigenvalue weighted by molar-refractivity contribution is 7.92. The number of anilines is 2. The van der Waals surface area contributed by atoms with Crippen LogP contribution in [0, 0.1) is 0 Å². The molecule has 0 aromatic heterocycles. The van der Waals surface area contributed by atoms with Gasteiger partial charge in [0.2, 0.25) is 0 Å². The molecule has 1 aliphatic heterocycles. The third-order valence-electron chi connectivity index (χ3n) is 6.00. The molecule has 34 heavy (non-hydrogen) atoms. The zero-order valence-electron chi connectivity index (χ0n) is 19.4. The van der Waals surface area contributed by atoms with Crippen molar-refractivity contribution in [3.8, 4) is 5.75 Å². The lowest BCUT2D eigenvalue weighted by molar-refractivity contribution is 0.0950. The first kappa shape index (κ1) is 23.6. The lowest BCUT2D eigenvalue weighted by Gasteiger charge is -2.21. The van der Waals surface area contributed by atoms with Crippen LogP contribution in [0.5, 0.6) is 5.75 Å². The summed E-state index contributed by atoms with van der Waals surface area (Å²) in [6, 6.07) is 21.9. The van der Waals surface area contributed by atoms with E-state index >= 15 is 0 Å². The van der Waals surface area contributed by atoms with Crippen molar-refractivity contribution in [1.29, 1.82) is 0 Å². The molecule has 0 aliphatic carbocycles. The van der Waals surface area contributed by atoms with E-state index in [-0.39, 0.29) is 16.4 Å². The Kier molecular flexibility index (Phi) is 7.07. The minimum atomic E-state index is -3.81. The summed E-state index contributed by atoms with van der Waals surface area (Å²) in [5.74, 6) is -0.0299. The molecule has 0 spiro atoms. The standard InChI is InChI=1S/C26H29N3O4S/c1-28(21-10-4-3-5-11-21)17-8-16-27-26(30)23-19-22(13-14-25(23)33-2)34(31,32)29-18-15-20-9-6-7-12-24(20)29/h3-7,9-14,19H,8,15-18H2,1-2H3,(H,27,30). The van der Waals surface area contributed by atoms with Gasteiger partial charge in [0.25, 0.3) is 15.9 Å². The van der Waals surface area contributed by atoms with Gasteiger partial charge in [-0.25, -0.2) is 8.42 Å². The fourth-order valence-corrected chi connectivity index (χ4v) is 5.66. The number of ether oxygens (including phenoxy) is 1. The summed E-state index contributed by atoms with van der Waals surface area (Å²) in [6.45, 7) is 1.60. The Bertz CT molecular complexity index is 1260. The second-order valence-electron chi connectivity index (χ2n) is 8.18. The fourth-order valence-electron chi connectivity index (χ4n) is 4.13. The third kappa shape index (κ3) is 4.87. The van der Waals surface area contributed by atoms with E-state index in [1.807, 2.05) is 61.6 Å². The molecular weight excluding hydrogens is 450 g/mol. The molecule has 0 unspecified atom stereocenters. The molecule has 1 heterocycles. The Balaban J connectivity index is 1.45. The normalized spacial score (nSPS) is 12.8. The molecule has 0 saturated heterocycles. The molecule has 1 amide bonds. The Morgan fingerprint density at radius 3 is 2.56 bits per heavy atom. The molecule has 3 aromatic carbocycles. The van der Waals surface area contributed by atoms with Gasteiger partial charge in [-0.1, -0.05) is 36.4 Å². The molecule has 0 bridgehead atoms. The molecule has 7 nitrogen and oxygen atoms in total. The van der Waals surface area contributed by atoms with Crippen molar-refractivity contribution < 1.29 is 17.9 Å². The maximum atomic E-state index is 13.4. The Morgan fingerprint density at radius 1 is 1.06 bits per heavy atom. The van der Waals surface area contributed by atoms with Crippen LogP contribution in [-0.2, 0) is 16.4 Å². The predicted octanol–water partition coefficient (Wildman–Crippen LogP) is 3.70. The van der Waals surface area contributed by atoms with E-state index < -0.39 is 10.0 Å². The molecule has 1 N–H and O–H groups in total. The van der Waals surface area contributed by atoms with Crippen molar-refractivity contribution in [3.05, 3.63) is 83.9 Å². The summed E-state index contributed by atoms with van der Waals surface area (Å²) in [5, 5.41) is 2.89. The Morgan fingerprint density at radius 2 is 1.79 bits per heavy atom. The van der Waals surface area contributed by atoms with Crippen molar-refractivity contribution in [2.45, 2.75) is 17.7 Å². The smallest absolute Gasteiger partial charge is 0.264 e. The van der Waals surface area contributed by atoms with Crippen LogP contribution in [0.25, 0.3) is 0 Å². The number of fused-ring (bicyclic) bond motifs is 1. The van der Waals surface area contributed by atoms with E-state index in [2.05, 4.69) is 10.2 Å². The van der Waals surface area contributed by atoms with Crippen molar-refractivity contribution in [2.75, 3.05) is 43.0 Å². The monoisotopic (exact) mass is 479 g/mol. The SMILES string of the molecule is COc1ccc(S(=O)(=O)N2CCc3ccccc32)cc1C(=O)NCCCN(C)c1ccccc1. The van der Waals surface area contributed by atoms with E-state index in [0.717, 1.165) is 24.2 Å². The van der Waals surface area contributed by atoms with E-state index in [9.17, 15) is 13.2 Å². The first-order valence-electron chi connectivity index (χ1n) is 11.2. The zero-order chi connectivity index (χ0) is 24.1. The summed E-state index contributed by atoms with van der Waals surface area (Å²) >= 11 is 0. The molecule has 3 aromatic rings. The minimum Gasteiger partial charge on any atom is -0.496 e. The van der Waals surface area contributed by atoms with Crippen molar-refractivity contribution in [3.63, 3.8) is 0 Å². The van der Waals surface area contributed by atoms with Gasteiger partial charge in [0.15, 0.2) is 0 Å². The quantitative estimate of drug-likeness (QED) is 0.474. The Labute approximate surface area is 201 Å². The molecular formula is C26H29N3O4S. The third-order valence-corrected chi connectivity index (χ3v) is 7.81. The van der Waals surface area contributed by atoms with Gasteiger partial charge >= 0.3 is 0 Å². The van der Waals surface area contributed by atoms with Crippen LogP contribution in [0.4, 0.5) is 11.4 Å². The minimum absolute atomic E-state index is 0.0685. The van der Waals surface area contributed by atoms with E-state index in [1.54, 1.807) is 0 Å². The summed E-state index contributed by atoms with van der Waals surface area (Å²) in [7, 11) is -0.340. The summed E-state index contributed by atoms with van der Waals surface area (Å²) < 4.78 is 33.5. The van der Waals surface area contributed by atoms with Crippen LogP contribution in [0.2, 0.25) is 0 Å². The first-order chi connectivity index (χ1) is 16.4. The molecule has 4 rings (SSSR count). The maximum absolute atomic E-state index is 13.4. The number of sulfonamides is 1. The van der Waals surface area contributed by atoms with Gasteiger partial charge in [0, 0.05) is 32.4 Å². The van der Waals surface area contributed by atoms with Crippen molar-refractivity contribution in [2.24, 2.45) is 0 Å². The van der Waals surface area contributed by atoms with Crippen LogP contribution in [0.3, 0.4) is 0 Å². The number of nitrogens with one attached hydrogen (secondary N) is 1. The van der Waals surface area contributed by atoms with Gasteiger partial charge in [0.05, 0.1) is 23.3 Å². The zero-order valence-corrected chi connectivity index (χ0v) is 20.2. The number of carbonyl (C=O) groups is 1. The van der Waals surface area contributed by atoms with Gasteiger partial charge in [-0.05, 0) is 54.8 Å². The number of carbonyl (C=O) groups excluding carboxylic acids is 1. The van der Waals surface area contributed by atoms with Gasteiger partial charge < -0.3 is 15.0 Å². The lowest BCUT2D eigenvalue weighted by Crippen LogP contribution is -2.30. The van der Waals surface area contributed by atoms with E-state index in [0.29, 0.717) is 30.9 Å². The number of hydrogen-bond acceptors (Lipinski definition) is 5. The van der Waals surface area contributed by atoms with E-state index in [4.69, 9.17) is 4.74 Å². The van der Waals surface area contributed by atoms with Crippen LogP contribution >= 0.6 is 0 Å². The van der Waals surface area contributed by atoms with Crippen molar-refractivity contribution >= 4 is 27.3 Å². The van der Waals surface area contributed by atoms with Gasteiger partial charge in [-0.3, -0.25) is 9.10 Å². The van der Waals surface area contributed by atoms with Crippen LogP contribution < -0.4 is 19.3 Å². The molecule has 0 fully saturated rings. The summed E-state index contributed by atoms with van der Waals surface area (Å²) in [6.07, 6.45) is 1.40. The Hall–Kier alpha value is -3.52. The molecule has 0 atom stereocenters. The molecule has 8 heteroatoms. The molecule has 0 saturated carbocycles. The largest absolute Gasteiger partial charge is 0.496 e. The second kappa shape index (κ2) is 10.2. The number of para-hydroxylation sites is 2. The maximum Gasteiger partial charge on any atom is 0.264 e. The topological polar surface area (TPSA) is 79.0 Å². The number of nitrogens with zero attached hydrogens (tertiary/aromatic N) is 2.